The van der Waals surface area contributed by atoms with Gasteiger partial charge in [0.15, 0.2) is 0 Å². The van der Waals surface area contributed by atoms with E-state index in [4.69, 9.17) is 10.2 Å². The lowest BCUT2D eigenvalue weighted by Gasteiger charge is -2.21. The molecule has 6 nitrogen and oxygen atoms in total. The second-order valence-electron chi connectivity index (χ2n) is 4.50. The number of hydrogen-bond acceptors (Lipinski definition) is 5. The highest BCUT2D eigenvalue weighted by Gasteiger charge is 2.15. The third-order valence-corrected chi connectivity index (χ3v) is 2.77. The van der Waals surface area contributed by atoms with Gasteiger partial charge < -0.3 is 15.5 Å². The van der Waals surface area contributed by atoms with Crippen molar-refractivity contribution in [3.05, 3.63) is 17.5 Å². The number of aromatic nitrogens is 2. The lowest BCUT2D eigenvalue weighted by molar-refractivity contribution is 0.0695. The van der Waals surface area contributed by atoms with Crippen molar-refractivity contribution in [3.8, 4) is 0 Å². The maximum Gasteiger partial charge on any atom is 0.339 e. The van der Waals surface area contributed by atoms with Crippen LogP contribution in [0.25, 0.3) is 0 Å². The number of nitrogens with zero attached hydrogens (tertiary/aromatic N) is 2. The van der Waals surface area contributed by atoms with E-state index >= 15 is 0 Å². The fourth-order valence-corrected chi connectivity index (χ4v) is 1.62. The summed E-state index contributed by atoms with van der Waals surface area (Å²) in [5.41, 5.74) is 0.523. The molecule has 0 fully saturated rings. The van der Waals surface area contributed by atoms with Crippen molar-refractivity contribution >= 4 is 11.9 Å². The van der Waals surface area contributed by atoms with Crippen LogP contribution in [0, 0.1) is 12.8 Å². The Morgan fingerprint density at radius 3 is 2.61 bits per heavy atom. The molecule has 1 rings (SSSR count). The van der Waals surface area contributed by atoms with Gasteiger partial charge in [0.2, 0.25) is 5.95 Å². The molecule has 0 saturated heterocycles. The zero-order chi connectivity index (χ0) is 13.7. The Bertz CT molecular complexity index is 421. The normalized spacial score (nSPS) is 12.5. The Hall–Kier alpha value is -1.69. The fourth-order valence-electron chi connectivity index (χ4n) is 1.62. The van der Waals surface area contributed by atoms with Crippen molar-refractivity contribution in [2.45, 2.75) is 33.2 Å². The van der Waals surface area contributed by atoms with Gasteiger partial charge in [-0.2, -0.15) is 0 Å². The summed E-state index contributed by atoms with van der Waals surface area (Å²) in [6.07, 6.45) is 1.89. The number of aryl methyl sites for hydroxylation is 1. The van der Waals surface area contributed by atoms with Crippen LogP contribution in [-0.4, -0.2) is 38.8 Å². The van der Waals surface area contributed by atoms with Crippen molar-refractivity contribution in [3.63, 3.8) is 0 Å². The lowest BCUT2D eigenvalue weighted by Crippen LogP contribution is -2.28. The van der Waals surface area contributed by atoms with Crippen LogP contribution in [0.4, 0.5) is 5.95 Å². The van der Waals surface area contributed by atoms with Gasteiger partial charge in [0, 0.05) is 18.8 Å². The molecule has 18 heavy (non-hydrogen) atoms. The summed E-state index contributed by atoms with van der Waals surface area (Å²) in [5.74, 6) is -0.320. The van der Waals surface area contributed by atoms with Crippen LogP contribution in [0.1, 0.15) is 36.3 Å². The Kier molecular flexibility index (Phi) is 5.03. The first kappa shape index (κ1) is 14.4. The van der Waals surface area contributed by atoms with E-state index in [0.29, 0.717) is 24.0 Å². The molecule has 0 aliphatic rings. The summed E-state index contributed by atoms with van der Waals surface area (Å²) in [7, 11) is 0. The van der Waals surface area contributed by atoms with Crippen molar-refractivity contribution in [2.75, 3.05) is 11.9 Å². The average Bonchev–Trinajstić information content (AvgIpc) is 2.27. The predicted molar refractivity (Wildman–Crippen MR) is 67.7 cm³/mol. The molecule has 3 N–H and O–H groups in total. The fraction of sp³-hybridized carbons (Fsp3) is 0.583. The summed E-state index contributed by atoms with van der Waals surface area (Å²) in [6, 6.07) is 0.0603. The van der Waals surface area contributed by atoms with E-state index < -0.39 is 5.97 Å². The van der Waals surface area contributed by atoms with Gasteiger partial charge in [-0.25, -0.2) is 14.8 Å². The molecule has 0 saturated carbocycles. The molecule has 0 bridgehead atoms. The molecular weight excluding hydrogens is 234 g/mol. The zero-order valence-electron chi connectivity index (χ0n) is 10.8. The van der Waals surface area contributed by atoms with E-state index in [0.717, 1.165) is 0 Å². The number of aliphatic hydroxyl groups is 1. The second-order valence-corrected chi connectivity index (χ2v) is 4.50. The monoisotopic (exact) mass is 253 g/mol. The molecule has 100 valence electrons. The van der Waals surface area contributed by atoms with Crippen LogP contribution < -0.4 is 5.32 Å². The number of aromatic carboxylic acids is 1. The predicted octanol–water partition coefficient (Wildman–Crippen LogP) is 1.30. The van der Waals surface area contributed by atoms with Gasteiger partial charge in [0.05, 0.1) is 11.3 Å². The Labute approximate surface area is 106 Å². The molecule has 0 aliphatic carbocycles. The Morgan fingerprint density at radius 2 is 2.17 bits per heavy atom. The van der Waals surface area contributed by atoms with Crippen LogP contribution in [0.2, 0.25) is 0 Å². The van der Waals surface area contributed by atoms with Crippen LogP contribution >= 0.6 is 0 Å². The van der Waals surface area contributed by atoms with Crippen LogP contribution in [0.5, 0.6) is 0 Å². The number of nitrogens with one attached hydrogen (secondary N) is 1. The maximum absolute atomic E-state index is 10.8. The van der Waals surface area contributed by atoms with Gasteiger partial charge in [0.25, 0.3) is 0 Å². The molecule has 1 heterocycles. The van der Waals surface area contributed by atoms with Crippen molar-refractivity contribution in [1.29, 1.82) is 0 Å². The van der Waals surface area contributed by atoms with E-state index in [2.05, 4.69) is 15.3 Å². The first-order valence-corrected chi connectivity index (χ1v) is 5.90. The van der Waals surface area contributed by atoms with Crippen LogP contribution in [0.3, 0.4) is 0 Å². The van der Waals surface area contributed by atoms with Gasteiger partial charge in [-0.15, -0.1) is 0 Å². The van der Waals surface area contributed by atoms with Crippen molar-refractivity contribution in [1.82, 2.24) is 9.97 Å². The largest absolute Gasteiger partial charge is 0.478 e. The summed E-state index contributed by atoms with van der Waals surface area (Å²) < 4.78 is 0. The van der Waals surface area contributed by atoms with E-state index in [-0.39, 0.29) is 18.2 Å². The van der Waals surface area contributed by atoms with Gasteiger partial charge in [-0.05, 0) is 19.3 Å². The number of carbonyl (C=O) groups is 1. The number of anilines is 1. The molecule has 0 aliphatic heterocycles. The molecule has 1 aromatic heterocycles. The van der Waals surface area contributed by atoms with Crippen molar-refractivity contribution < 1.29 is 15.0 Å². The molecule has 0 amide bonds. The number of rotatable bonds is 6. The molecule has 1 aromatic rings. The number of carboxylic acid groups (broad SMARTS) is 1. The molecular formula is C12H19N3O3. The minimum Gasteiger partial charge on any atom is -0.478 e. The zero-order valence-corrected chi connectivity index (χ0v) is 10.8. The van der Waals surface area contributed by atoms with E-state index in [1.165, 1.54) is 6.20 Å². The van der Waals surface area contributed by atoms with Gasteiger partial charge in [-0.1, -0.05) is 13.8 Å². The third kappa shape index (κ3) is 3.66. The van der Waals surface area contributed by atoms with Gasteiger partial charge >= 0.3 is 5.97 Å². The highest BCUT2D eigenvalue weighted by atomic mass is 16.4. The first-order chi connectivity index (χ1) is 8.45. The topological polar surface area (TPSA) is 95.3 Å². The lowest BCUT2D eigenvalue weighted by atomic mass is 10.0. The summed E-state index contributed by atoms with van der Waals surface area (Å²) >= 11 is 0. The summed E-state index contributed by atoms with van der Waals surface area (Å²) in [4.78, 5) is 18.9. The molecule has 0 radical (unpaired) electrons. The average molecular weight is 253 g/mol. The molecule has 1 atom stereocenters. The third-order valence-electron chi connectivity index (χ3n) is 2.77. The molecule has 1 unspecified atom stereocenters. The maximum atomic E-state index is 10.8. The van der Waals surface area contributed by atoms with Crippen molar-refractivity contribution in [2.24, 2.45) is 5.92 Å². The first-order valence-electron chi connectivity index (χ1n) is 5.90. The standard InChI is InChI=1S/C12H19N3O3/c1-7(2)10(4-5-16)15-12-13-6-9(11(17)18)8(3)14-12/h6-7,10,16H,4-5H2,1-3H3,(H,17,18)(H,13,14,15). The number of carboxylic acids is 1. The van der Waals surface area contributed by atoms with E-state index in [9.17, 15) is 4.79 Å². The molecule has 0 aromatic carbocycles. The Morgan fingerprint density at radius 1 is 1.50 bits per heavy atom. The number of aliphatic hydroxyl groups excluding tert-OH is 1. The smallest absolute Gasteiger partial charge is 0.339 e. The number of hydrogen-bond donors (Lipinski definition) is 3. The molecule has 6 heteroatoms. The second kappa shape index (κ2) is 6.30. The Balaban J connectivity index is 2.84. The van der Waals surface area contributed by atoms with Crippen LogP contribution in [-0.2, 0) is 0 Å². The summed E-state index contributed by atoms with van der Waals surface area (Å²) in [6.45, 7) is 5.78. The highest BCUT2D eigenvalue weighted by Crippen LogP contribution is 2.13. The highest BCUT2D eigenvalue weighted by molar-refractivity contribution is 5.88. The van der Waals surface area contributed by atoms with Crippen LogP contribution in [0.15, 0.2) is 6.20 Å². The summed E-state index contributed by atoms with van der Waals surface area (Å²) in [5, 5.41) is 21.0. The molecule has 0 spiro atoms. The van der Waals surface area contributed by atoms with E-state index in [1.807, 2.05) is 13.8 Å². The van der Waals surface area contributed by atoms with E-state index in [1.54, 1.807) is 6.92 Å². The minimum atomic E-state index is -1.03. The quantitative estimate of drug-likeness (QED) is 0.707. The van der Waals surface area contributed by atoms with Gasteiger partial charge in [0.1, 0.15) is 0 Å². The van der Waals surface area contributed by atoms with Gasteiger partial charge in [-0.3, -0.25) is 0 Å². The minimum absolute atomic E-state index is 0.0603. The SMILES string of the molecule is Cc1nc(NC(CCO)C(C)C)ncc1C(=O)O.